The predicted molar refractivity (Wildman–Crippen MR) is 84.0 cm³/mol. The van der Waals surface area contributed by atoms with Gasteiger partial charge in [0.15, 0.2) is 11.5 Å². The van der Waals surface area contributed by atoms with Crippen molar-refractivity contribution in [3.8, 4) is 28.4 Å². The number of methoxy groups -OCH3 is 2. The van der Waals surface area contributed by atoms with Crippen LogP contribution in [0.25, 0.3) is 11.1 Å². The first kappa shape index (κ1) is 15.2. The minimum Gasteiger partial charge on any atom is -0.494 e. The average molecular weight is 287 g/mol. The Hall–Kier alpha value is -2.20. The monoisotopic (exact) mass is 287 g/mol. The number of hydrogen-bond acceptors (Lipinski definition) is 4. The summed E-state index contributed by atoms with van der Waals surface area (Å²) in [4.78, 5) is 0. The maximum absolute atomic E-state index is 5.86. The molecule has 0 unspecified atom stereocenters. The van der Waals surface area contributed by atoms with Gasteiger partial charge in [0.05, 0.1) is 20.8 Å². The van der Waals surface area contributed by atoms with E-state index in [1.54, 1.807) is 14.2 Å². The van der Waals surface area contributed by atoms with Gasteiger partial charge in [0.25, 0.3) is 0 Å². The number of benzene rings is 2. The molecule has 112 valence electrons. The molecule has 0 aliphatic carbocycles. The van der Waals surface area contributed by atoms with Gasteiger partial charge >= 0.3 is 0 Å². The fraction of sp³-hybridized carbons (Fsp3) is 0.294. The van der Waals surface area contributed by atoms with Crippen LogP contribution < -0.4 is 19.9 Å². The Labute approximate surface area is 125 Å². The molecule has 0 aliphatic rings. The van der Waals surface area contributed by atoms with Crippen LogP contribution in [0.2, 0.25) is 0 Å². The standard InChI is InChI=1S/C17H21NO3/c1-4-21-14-7-5-12(6-8-14)15-10-17(20-3)16(19-2)9-13(15)11-18/h5-10H,4,11,18H2,1-3H3. The molecule has 0 aliphatic heterocycles. The van der Waals surface area contributed by atoms with Gasteiger partial charge in [0, 0.05) is 6.54 Å². The predicted octanol–water partition coefficient (Wildman–Crippen LogP) is 3.23. The molecule has 0 saturated heterocycles. The first-order chi connectivity index (χ1) is 10.2. The summed E-state index contributed by atoms with van der Waals surface area (Å²) < 4.78 is 16.2. The first-order valence-electron chi connectivity index (χ1n) is 6.91. The topological polar surface area (TPSA) is 53.7 Å². The Kier molecular flexibility index (Phi) is 5.06. The molecule has 4 heteroatoms. The van der Waals surface area contributed by atoms with Gasteiger partial charge in [-0.15, -0.1) is 0 Å². The van der Waals surface area contributed by atoms with Crippen LogP contribution in [-0.4, -0.2) is 20.8 Å². The van der Waals surface area contributed by atoms with E-state index in [2.05, 4.69) is 0 Å². The zero-order valence-electron chi connectivity index (χ0n) is 12.7. The zero-order chi connectivity index (χ0) is 15.2. The summed E-state index contributed by atoms with van der Waals surface area (Å²) in [5.41, 5.74) is 8.98. The molecule has 0 heterocycles. The van der Waals surface area contributed by atoms with Crippen molar-refractivity contribution in [2.24, 2.45) is 5.73 Å². The molecular formula is C17H21NO3. The van der Waals surface area contributed by atoms with E-state index in [4.69, 9.17) is 19.9 Å². The normalized spacial score (nSPS) is 10.3. The second-order valence-corrected chi connectivity index (χ2v) is 4.53. The third-order valence-corrected chi connectivity index (χ3v) is 3.31. The van der Waals surface area contributed by atoms with Gasteiger partial charge in [-0.05, 0) is 47.9 Å². The molecular weight excluding hydrogens is 266 g/mol. The summed E-state index contributed by atoms with van der Waals surface area (Å²) in [6, 6.07) is 11.8. The largest absolute Gasteiger partial charge is 0.494 e. The fourth-order valence-corrected chi connectivity index (χ4v) is 2.26. The van der Waals surface area contributed by atoms with Crippen molar-refractivity contribution < 1.29 is 14.2 Å². The van der Waals surface area contributed by atoms with E-state index in [-0.39, 0.29) is 0 Å². The van der Waals surface area contributed by atoms with Crippen LogP contribution in [0.1, 0.15) is 12.5 Å². The first-order valence-corrected chi connectivity index (χ1v) is 6.91. The molecule has 4 nitrogen and oxygen atoms in total. The van der Waals surface area contributed by atoms with Crippen LogP contribution in [0.4, 0.5) is 0 Å². The van der Waals surface area contributed by atoms with Crippen LogP contribution in [0.5, 0.6) is 17.2 Å². The Morgan fingerprint density at radius 1 is 0.952 bits per heavy atom. The van der Waals surface area contributed by atoms with Gasteiger partial charge in [0.1, 0.15) is 5.75 Å². The number of hydrogen-bond donors (Lipinski definition) is 1. The molecule has 0 radical (unpaired) electrons. The van der Waals surface area contributed by atoms with Crippen molar-refractivity contribution in [3.63, 3.8) is 0 Å². The highest BCUT2D eigenvalue weighted by Crippen LogP contribution is 2.36. The van der Waals surface area contributed by atoms with Crippen molar-refractivity contribution in [1.29, 1.82) is 0 Å². The van der Waals surface area contributed by atoms with E-state index in [0.717, 1.165) is 22.4 Å². The highest BCUT2D eigenvalue weighted by molar-refractivity contribution is 5.71. The van der Waals surface area contributed by atoms with E-state index in [0.29, 0.717) is 24.7 Å². The lowest BCUT2D eigenvalue weighted by Gasteiger charge is -2.14. The van der Waals surface area contributed by atoms with E-state index in [1.165, 1.54) is 0 Å². The van der Waals surface area contributed by atoms with Crippen molar-refractivity contribution in [3.05, 3.63) is 42.0 Å². The van der Waals surface area contributed by atoms with Gasteiger partial charge in [-0.2, -0.15) is 0 Å². The summed E-state index contributed by atoms with van der Waals surface area (Å²) in [6.45, 7) is 3.06. The van der Waals surface area contributed by atoms with Crippen molar-refractivity contribution in [1.82, 2.24) is 0 Å². The maximum Gasteiger partial charge on any atom is 0.161 e. The molecule has 21 heavy (non-hydrogen) atoms. The molecule has 2 aromatic rings. The Balaban J connectivity index is 2.46. The molecule has 2 rings (SSSR count). The third-order valence-electron chi connectivity index (χ3n) is 3.31. The van der Waals surface area contributed by atoms with Crippen molar-refractivity contribution in [2.75, 3.05) is 20.8 Å². The van der Waals surface area contributed by atoms with Crippen molar-refractivity contribution in [2.45, 2.75) is 13.5 Å². The quantitative estimate of drug-likeness (QED) is 0.886. The molecule has 0 aromatic heterocycles. The summed E-state index contributed by atoms with van der Waals surface area (Å²) in [7, 11) is 3.25. The maximum atomic E-state index is 5.86. The van der Waals surface area contributed by atoms with Crippen molar-refractivity contribution >= 4 is 0 Å². The van der Waals surface area contributed by atoms with Gasteiger partial charge < -0.3 is 19.9 Å². The molecule has 0 saturated carbocycles. The van der Waals surface area contributed by atoms with Gasteiger partial charge in [0.2, 0.25) is 0 Å². The highest BCUT2D eigenvalue weighted by Gasteiger charge is 2.12. The van der Waals surface area contributed by atoms with Crippen LogP contribution in [-0.2, 0) is 6.54 Å². The molecule has 0 bridgehead atoms. The van der Waals surface area contributed by atoms with E-state index in [1.807, 2.05) is 43.3 Å². The molecule has 0 fully saturated rings. The molecule has 0 spiro atoms. The van der Waals surface area contributed by atoms with E-state index in [9.17, 15) is 0 Å². The highest BCUT2D eigenvalue weighted by atomic mass is 16.5. The number of rotatable bonds is 6. The minimum atomic E-state index is 0.433. The Morgan fingerprint density at radius 3 is 2.10 bits per heavy atom. The summed E-state index contributed by atoms with van der Waals surface area (Å²) in [5, 5.41) is 0. The number of nitrogens with two attached hydrogens (primary N) is 1. The van der Waals surface area contributed by atoms with Crippen LogP contribution >= 0.6 is 0 Å². The smallest absolute Gasteiger partial charge is 0.161 e. The van der Waals surface area contributed by atoms with E-state index >= 15 is 0 Å². The van der Waals surface area contributed by atoms with Crippen LogP contribution in [0, 0.1) is 0 Å². The average Bonchev–Trinajstić information content (AvgIpc) is 2.54. The minimum absolute atomic E-state index is 0.433. The van der Waals surface area contributed by atoms with Crippen LogP contribution in [0.3, 0.4) is 0 Å². The van der Waals surface area contributed by atoms with Gasteiger partial charge in [-0.3, -0.25) is 0 Å². The molecule has 0 atom stereocenters. The lowest BCUT2D eigenvalue weighted by Crippen LogP contribution is -2.01. The molecule has 2 aromatic carbocycles. The summed E-state index contributed by atoms with van der Waals surface area (Å²) >= 11 is 0. The molecule has 0 amide bonds. The summed E-state index contributed by atoms with van der Waals surface area (Å²) in [5.74, 6) is 2.24. The Bertz CT molecular complexity index is 594. The lowest BCUT2D eigenvalue weighted by molar-refractivity contribution is 0.340. The second-order valence-electron chi connectivity index (χ2n) is 4.53. The lowest BCUT2D eigenvalue weighted by atomic mass is 9.98. The van der Waals surface area contributed by atoms with E-state index < -0.39 is 0 Å². The third kappa shape index (κ3) is 3.28. The Morgan fingerprint density at radius 2 is 1.57 bits per heavy atom. The summed E-state index contributed by atoms with van der Waals surface area (Å²) in [6.07, 6.45) is 0. The fourth-order valence-electron chi connectivity index (χ4n) is 2.26. The second kappa shape index (κ2) is 6.99. The van der Waals surface area contributed by atoms with Crippen LogP contribution in [0.15, 0.2) is 36.4 Å². The number of ether oxygens (including phenoxy) is 3. The SMILES string of the molecule is CCOc1ccc(-c2cc(OC)c(OC)cc2CN)cc1. The zero-order valence-corrected chi connectivity index (χ0v) is 12.7. The van der Waals surface area contributed by atoms with Gasteiger partial charge in [-0.1, -0.05) is 12.1 Å². The molecule has 2 N–H and O–H groups in total. The van der Waals surface area contributed by atoms with Gasteiger partial charge in [-0.25, -0.2) is 0 Å².